The van der Waals surface area contributed by atoms with Crippen LogP contribution in [0.1, 0.15) is 18.9 Å². The third-order valence-electron chi connectivity index (χ3n) is 3.58. The third-order valence-corrected chi connectivity index (χ3v) is 3.58. The van der Waals surface area contributed by atoms with Gasteiger partial charge in [0.05, 0.1) is 4.92 Å². The fourth-order valence-electron chi connectivity index (χ4n) is 2.64. The minimum atomic E-state index is -1.01. The number of carbonyl (C=O) groups is 1. The number of rotatable bonds is 3. The van der Waals surface area contributed by atoms with E-state index in [0.29, 0.717) is 13.0 Å². The molecule has 1 aromatic rings. The maximum absolute atomic E-state index is 11.4. The fourth-order valence-corrected chi connectivity index (χ4v) is 2.64. The van der Waals surface area contributed by atoms with Crippen molar-refractivity contribution < 1.29 is 14.8 Å². The Morgan fingerprint density at radius 3 is 2.85 bits per heavy atom. The predicted molar refractivity (Wildman–Crippen MR) is 70.4 cm³/mol. The van der Waals surface area contributed by atoms with Gasteiger partial charge >= 0.3 is 11.7 Å². The highest BCUT2D eigenvalue weighted by Gasteiger charge is 2.39. The molecule has 7 nitrogen and oxygen atoms in total. The third kappa shape index (κ3) is 2.16. The van der Waals surface area contributed by atoms with Crippen LogP contribution in [-0.4, -0.2) is 28.6 Å². The summed E-state index contributed by atoms with van der Waals surface area (Å²) in [5.41, 5.74) is -0.183. The number of carboxylic acids is 1. The summed E-state index contributed by atoms with van der Waals surface area (Å²) in [6, 6.07) is 5.36. The molecule has 104 valence electrons. The molecule has 0 bridgehead atoms. The number of nitriles is 1. The fraction of sp³-hybridized carbons (Fsp3) is 0.385. The summed E-state index contributed by atoms with van der Waals surface area (Å²) in [5, 5.41) is 29.5. The Balaban J connectivity index is 2.56. The lowest BCUT2D eigenvalue weighted by Gasteiger charge is -2.25. The Labute approximate surface area is 115 Å². The Morgan fingerprint density at radius 2 is 2.30 bits per heavy atom. The first kappa shape index (κ1) is 13.8. The molecule has 1 aliphatic heterocycles. The minimum Gasteiger partial charge on any atom is -0.480 e. The molecule has 0 aliphatic carbocycles. The van der Waals surface area contributed by atoms with Gasteiger partial charge < -0.3 is 10.0 Å². The number of nitrogens with zero attached hydrogens (tertiary/aromatic N) is 3. The van der Waals surface area contributed by atoms with Gasteiger partial charge in [0.25, 0.3) is 0 Å². The van der Waals surface area contributed by atoms with E-state index in [1.165, 1.54) is 23.1 Å². The molecule has 0 saturated carbocycles. The lowest BCUT2D eigenvalue weighted by Crippen LogP contribution is -2.39. The number of nitro benzene ring substituents is 1. The number of hydrogen-bond donors (Lipinski definition) is 1. The van der Waals surface area contributed by atoms with Gasteiger partial charge in [0, 0.05) is 6.54 Å². The molecule has 1 fully saturated rings. The molecule has 1 aliphatic rings. The van der Waals surface area contributed by atoms with Gasteiger partial charge in [0.15, 0.2) is 0 Å². The molecule has 1 aromatic carbocycles. The monoisotopic (exact) mass is 275 g/mol. The molecule has 2 rings (SSSR count). The molecule has 1 heterocycles. The van der Waals surface area contributed by atoms with Crippen LogP contribution < -0.4 is 4.90 Å². The SMILES string of the molecule is CC1CCN(c2cccc(C#N)c2[N+](=O)[O-])C1C(=O)O. The van der Waals surface area contributed by atoms with Gasteiger partial charge in [-0.15, -0.1) is 0 Å². The summed E-state index contributed by atoms with van der Waals surface area (Å²) in [5.74, 6) is -1.11. The highest BCUT2D eigenvalue weighted by atomic mass is 16.6. The summed E-state index contributed by atoms with van der Waals surface area (Å²) < 4.78 is 0. The zero-order valence-corrected chi connectivity index (χ0v) is 10.8. The van der Waals surface area contributed by atoms with Gasteiger partial charge in [-0.25, -0.2) is 4.79 Å². The molecule has 2 unspecified atom stereocenters. The van der Waals surface area contributed by atoms with Crippen LogP contribution in [0, 0.1) is 27.4 Å². The maximum Gasteiger partial charge on any atom is 0.326 e. The van der Waals surface area contributed by atoms with Crippen LogP contribution in [0.25, 0.3) is 0 Å². The Morgan fingerprint density at radius 1 is 1.60 bits per heavy atom. The number of anilines is 1. The largest absolute Gasteiger partial charge is 0.480 e. The van der Waals surface area contributed by atoms with Crippen LogP contribution in [0.15, 0.2) is 18.2 Å². The van der Waals surface area contributed by atoms with Crippen LogP contribution in [0.2, 0.25) is 0 Å². The average Bonchev–Trinajstić information content (AvgIpc) is 2.79. The number of nitro groups is 1. The minimum absolute atomic E-state index is 0.0591. The molecule has 0 spiro atoms. The van der Waals surface area contributed by atoms with E-state index in [0.717, 1.165) is 0 Å². The molecular weight excluding hydrogens is 262 g/mol. The smallest absolute Gasteiger partial charge is 0.326 e. The molecular formula is C13H13N3O4. The summed E-state index contributed by atoms with van der Waals surface area (Å²) >= 11 is 0. The number of carboxylic acid groups (broad SMARTS) is 1. The second-order valence-corrected chi connectivity index (χ2v) is 4.78. The zero-order chi connectivity index (χ0) is 14.9. The molecule has 2 atom stereocenters. The lowest BCUT2D eigenvalue weighted by atomic mass is 10.0. The summed E-state index contributed by atoms with van der Waals surface area (Å²) in [6.07, 6.45) is 0.644. The van der Waals surface area contributed by atoms with Crippen molar-refractivity contribution >= 4 is 17.3 Å². The summed E-state index contributed by atoms with van der Waals surface area (Å²) in [6.45, 7) is 2.23. The lowest BCUT2D eigenvalue weighted by molar-refractivity contribution is -0.384. The van der Waals surface area contributed by atoms with E-state index in [4.69, 9.17) is 5.26 Å². The van der Waals surface area contributed by atoms with E-state index in [-0.39, 0.29) is 22.9 Å². The predicted octanol–water partition coefficient (Wildman–Crippen LogP) is 1.77. The van der Waals surface area contributed by atoms with E-state index >= 15 is 0 Å². The Kier molecular flexibility index (Phi) is 3.57. The van der Waals surface area contributed by atoms with Crippen molar-refractivity contribution in [3.8, 4) is 6.07 Å². The molecule has 1 N–H and O–H groups in total. The summed E-state index contributed by atoms with van der Waals surface area (Å²) in [4.78, 5) is 23.4. The topological polar surface area (TPSA) is 107 Å². The van der Waals surface area contributed by atoms with E-state index in [1.54, 1.807) is 13.0 Å². The van der Waals surface area contributed by atoms with Gasteiger partial charge in [0.1, 0.15) is 23.4 Å². The van der Waals surface area contributed by atoms with Gasteiger partial charge in [-0.1, -0.05) is 13.0 Å². The van der Waals surface area contributed by atoms with Gasteiger partial charge in [-0.3, -0.25) is 10.1 Å². The van der Waals surface area contributed by atoms with Crippen LogP contribution in [-0.2, 0) is 4.79 Å². The molecule has 0 radical (unpaired) electrons. The van der Waals surface area contributed by atoms with Crippen molar-refractivity contribution in [2.45, 2.75) is 19.4 Å². The van der Waals surface area contributed by atoms with Gasteiger partial charge in [0.2, 0.25) is 0 Å². The second-order valence-electron chi connectivity index (χ2n) is 4.78. The standard InChI is InChI=1S/C13H13N3O4/c1-8-5-6-15(11(8)13(17)18)10-4-2-3-9(7-14)12(10)16(19)20/h2-4,8,11H,5-6H2,1H3,(H,17,18). The number of para-hydroxylation sites is 1. The molecule has 0 aromatic heterocycles. The average molecular weight is 275 g/mol. The first-order valence-corrected chi connectivity index (χ1v) is 6.14. The van der Waals surface area contributed by atoms with Crippen LogP contribution in [0.5, 0.6) is 0 Å². The van der Waals surface area contributed by atoms with Crippen LogP contribution in [0.3, 0.4) is 0 Å². The normalized spacial score (nSPS) is 21.5. The highest BCUT2D eigenvalue weighted by molar-refractivity contribution is 5.82. The van der Waals surface area contributed by atoms with E-state index in [2.05, 4.69) is 0 Å². The maximum atomic E-state index is 11.4. The highest BCUT2D eigenvalue weighted by Crippen LogP contribution is 2.37. The van der Waals surface area contributed by atoms with Crippen molar-refractivity contribution in [2.75, 3.05) is 11.4 Å². The van der Waals surface area contributed by atoms with Crippen LogP contribution >= 0.6 is 0 Å². The van der Waals surface area contributed by atoms with Crippen molar-refractivity contribution in [3.05, 3.63) is 33.9 Å². The van der Waals surface area contributed by atoms with E-state index < -0.39 is 16.9 Å². The molecule has 7 heteroatoms. The second kappa shape index (κ2) is 5.17. The first-order chi connectivity index (χ1) is 9.47. The van der Waals surface area contributed by atoms with Gasteiger partial charge in [-0.2, -0.15) is 5.26 Å². The van der Waals surface area contributed by atoms with E-state index in [9.17, 15) is 20.0 Å². The van der Waals surface area contributed by atoms with Crippen molar-refractivity contribution in [3.63, 3.8) is 0 Å². The van der Waals surface area contributed by atoms with Crippen molar-refractivity contribution in [1.82, 2.24) is 0 Å². The van der Waals surface area contributed by atoms with Crippen molar-refractivity contribution in [1.29, 1.82) is 5.26 Å². The zero-order valence-electron chi connectivity index (χ0n) is 10.8. The van der Waals surface area contributed by atoms with Crippen LogP contribution in [0.4, 0.5) is 11.4 Å². The Hall–Kier alpha value is -2.62. The number of hydrogen-bond acceptors (Lipinski definition) is 5. The van der Waals surface area contributed by atoms with Crippen molar-refractivity contribution in [2.24, 2.45) is 5.92 Å². The molecule has 1 saturated heterocycles. The Bertz CT molecular complexity index is 608. The van der Waals surface area contributed by atoms with Gasteiger partial charge in [-0.05, 0) is 24.5 Å². The first-order valence-electron chi connectivity index (χ1n) is 6.14. The molecule has 20 heavy (non-hydrogen) atoms. The summed E-state index contributed by atoms with van der Waals surface area (Å²) in [7, 11) is 0. The quantitative estimate of drug-likeness (QED) is 0.665. The number of benzene rings is 1. The molecule has 0 amide bonds. The number of aliphatic carboxylic acids is 1. The van der Waals surface area contributed by atoms with E-state index in [1.807, 2.05) is 0 Å².